The molecule has 0 spiro atoms. The van der Waals surface area contributed by atoms with E-state index in [2.05, 4.69) is 0 Å². The van der Waals surface area contributed by atoms with E-state index in [4.69, 9.17) is 9.84 Å². The molecule has 0 atom stereocenters. The summed E-state index contributed by atoms with van der Waals surface area (Å²) >= 11 is 0. The van der Waals surface area contributed by atoms with Crippen molar-refractivity contribution in [3.8, 4) is 5.75 Å². The zero-order valence-electron chi connectivity index (χ0n) is 8.76. The Bertz CT molecular complexity index is 332. The summed E-state index contributed by atoms with van der Waals surface area (Å²) in [6.07, 6.45) is 0.313. The number of rotatable bonds is 4. The normalized spacial score (nSPS) is 11.5. The van der Waals surface area contributed by atoms with E-state index in [1.165, 1.54) is 25.3 Å². The van der Waals surface area contributed by atoms with Crippen molar-refractivity contribution in [1.29, 1.82) is 0 Å². The van der Waals surface area contributed by atoms with Gasteiger partial charge in [-0.3, -0.25) is 0 Å². The Kier molecular flexibility index (Phi) is 3.63. The topological polar surface area (TPSA) is 29.5 Å². The maximum Gasteiger partial charge on any atom is 0.270 e. The van der Waals surface area contributed by atoms with Crippen molar-refractivity contribution in [3.63, 3.8) is 0 Å². The van der Waals surface area contributed by atoms with Crippen LogP contribution in [-0.4, -0.2) is 18.8 Å². The first-order chi connectivity index (χ1) is 6.99. The molecule has 0 bridgehead atoms. The number of aliphatic hydroxyl groups excluding tert-OH is 1. The first kappa shape index (κ1) is 11.9. The molecule has 0 amide bonds. The summed E-state index contributed by atoms with van der Waals surface area (Å²) in [4.78, 5) is 0. The molecular weight excluding hydrogens is 202 g/mol. The molecule has 0 radical (unpaired) electrons. The van der Waals surface area contributed by atoms with Gasteiger partial charge in [0.25, 0.3) is 5.92 Å². The third-order valence-corrected chi connectivity index (χ3v) is 2.17. The van der Waals surface area contributed by atoms with Crippen molar-refractivity contribution >= 4 is 0 Å². The summed E-state index contributed by atoms with van der Waals surface area (Å²) in [7, 11) is 1.47. The predicted molar refractivity (Wildman–Crippen MR) is 53.4 cm³/mol. The first-order valence-corrected chi connectivity index (χ1v) is 4.65. The zero-order valence-corrected chi connectivity index (χ0v) is 8.76. The highest BCUT2D eigenvalue weighted by molar-refractivity contribution is 5.38. The molecule has 1 N–H and O–H groups in total. The van der Waals surface area contributed by atoms with Gasteiger partial charge in [0, 0.05) is 19.1 Å². The molecule has 1 aromatic rings. The summed E-state index contributed by atoms with van der Waals surface area (Å²) in [5, 5.41) is 8.79. The molecule has 4 heteroatoms. The number of benzene rings is 1. The number of alkyl halides is 2. The molecule has 0 heterocycles. The SMILES string of the molecule is COc1ccc(C(C)(F)F)cc1CCO. The highest BCUT2D eigenvalue weighted by Gasteiger charge is 2.25. The number of halogens is 2. The molecular formula is C11H14F2O2. The molecule has 1 rings (SSSR count). The minimum Gasteiger partial charge on any atom is -0.496 e. The van der Waals surface area contributed by atoms with E-state index >= 15 is 0 Å². The van der Waals surface area contributed by atoms with E-state index < -0.39 is 5.92 Å². The van der Waals surface area contributed by atoms with Crippen molar-refractivity contribution < 1.29 is 18.6 Å². The highest BCUT2D eigenvalue weighted by Crippen LogP contribution is 2.30. The Labute approximate surface area is 87.5 Å². The number of aliphatic hydroxyl groups is 1. The Morgan fingerprint density at radius 3 is 2.53 bits per heavy atom. The standard InChI is InChI=1S/C11H14F2O2/c1-11(12,13)9-3-4-10(15-2)8(7-9)5-6-14/h3-4,7,14H,5-6H2,1-2H3. The van der Waals surface area contributed by atoms with Crippen molar-refractivity contribution in [2.24, 2.45) is 0 Å². The van der Waals surface area contributed by atoms with Gasteiger partial charge in [0.1, 0.15) is 5.75 Å². The van der Waals surface area contributed by atoms with Crippen molar-refractivity contribution in [3.05, 3.63) is 29.3 Å². The third-order valence-electron chi connectivity index (χ3n) is 2.17. The Balaban J connectivity index is 3.10. The molecule has 0 aromatic heterocycles. The summed E-state index contributed by atoms with van der Waals surface area (Å²) in [6.45, 7) is 0.757. The van der Waals surface area contributed by atoms with Gasteiger partial charge in [0.05, 0.1) is 7.11 Å². The lowest BCUT2D eigenvalue weighted by Crippen LogP contribution is -2.08. The molecule has 0 aliphatic rings. The largest absolute Gasteiger partial charge is 0.496 e. The average Bonchev–Trinajstić information content (AvgIpc) is 2.17. The van der Waals surface area contributed by atoms with Crippen molar-refractivity contribution in [2.75, 3.05) is 13.7 Å². The van der Waals surface area contributed by atoms with Crippen LogP contribution in [0, 0.1) is 0 Å². The molecule has 2 nitrogen and oxygen atoms in total. The first-order valence-electron chi connectivity index (χ1n) is 4.65. The third kappa shape index (κ3) is 2.89. The highest BCUT2D eigenvalue weighted by atomic mass is 19.3. The molecule has 0 unspecified atom stereocenters. The molecule has 84 valence electrons. The van der Waals surface area contributed by atoms with Crippen LogP contribution in [0.25, 0.3) is 0 Å². The molecule has 15 heavy (non-hydrogen) atoms. The van der Waals surface area contributed by atoms with Crippen molar-refractivity contribution in [2.45, 2.75) is 19.3 Å². The monoisotopic (exact) mass is 216 g/mol. The second-order valence-electron chi connectivity index (χ2n) is 3.39. The van der Waals surface area contributed by atoms with Crippen LogP contribution in [-0.2, 0) is 12.3 Å². The zero-order chi connectivity index (χ0) is 11.5. The van der Waals surface area contributed by atoms with Crippen LogP contribution < -0.4 is 4.74 Å². The minimum atomic E-state index is -2.86. The van der Waals surface area contributed by atoms with Gasteiger partial charge < -0.3 is 9.84 Å². The van der Waals surface area contributed by atoms with E-state index in [1.807, 2.05) is 0 Å². The maximum atomic E-state index is 13.0. The molecule has 0 saturated carbocycles. The van der Waals surface area contributed by atoms with Crippen LogP contribution in [0.2, 0.25) is 0 Å². The number of methoxy groups -OCH3 is 1. The van der Waals surface area contributed by atoms with Gasteiger partial charge in [-0.05, 0) is 30.2 Å². The number of ether oxygens (including phenoxy) is 1. The van der Waals surface area contributed by atoms with E-state index in [1.54, 1.807) is 0 Å². The fourth-order valence-electron chi connectivity index (χ4n) is 1.37. The average molecular weight is 216 g/mol. The minimum absolute atomic E-state index is 0.0632. The summed E-state index contributed by atoms with van der Waals surface area (Å²) < 4.78 is 31.0. The molecule has 0 fully saturated rings. The van der Waals surface area contributed by atoms with Crippen LogP contribution in [0.1, 0.15) is 18.1 Å². The fourth-order valence-corrected chi connectivity index (χ4v) is 1.37. The molecule has 0 aliphatic heterocycles. The van der Waals surface area contributed by atoms with Gasteiger partial charge in [-0.2, -0.15) is 0 Å². The maximum absolute atomic E-state index is 13.0. The van der Waals surface area contributed by atoms with Gasteiger partial charge in [-0.25, -0.2) is 8.78 Å². The molecule has 0 saturated heterocycles. The van der Waals surface area contributed by atoms with Gasteiger partial charge >= 0.3 is 0 Å². The lowest BCUT2D eigenvalue weighted by atomic mass is 10.0. The second-order valence-corrected chi connectivity index (χ2v) is 3.39. The second kappa shape index (κ2) is 4.57. The lowest BCUT2D eigenvalue weighted by molar-refractivity contribution is 0.0173. The fraction of sp³-hybridized carbons (Fsp3) is 0.455. The van der Waals surface area contributed by atoms with E-state index in [9.17, 15) is 8.78 Å². The van der Waals surface area contributed by atoms with E-state index in [-0.39, 0.29) is 12.2 Å². The Morgan fingerprint density at radius 1 is 1.40 bits per heavy atom. The quantitative estimate of drug-likeness (QED) is 0.837. The molecule has 1 aromatic carbocycles. The van der Waals surface area contributed by atoms with E-state index in [0.29, 0.717) is 17.7 Å². The summed E-state index contributed by atoms with van der Waals surface area (Å²) in [5.41, 5.74) is 0.533. The predicted octanol–water partition coefficient (Wildman–Crippen LogP) is 2.34. The van der Waals surface area contributed by atoms with Crippen LogP contribution in [0.4, 0.5) is 8.78 Å². The summed E-state index contributed by atoms with van der Waals surface area (Å²) in [6, 6.07) is 4.20. The van der Waals surface area contributed by atoms with Crippen LogP contribution in [0.5, 0.6) is 5.75 Å². The summed E-state index contributed by atoms with van der Waals surface area (Å²) in [5.74, 6) is -2.34. The van der Waals surface area contributed by atoms with Crippen LogP contribution in [0.3, 0.4) is 0 Å². The van der Waals surface area contributed by atoms with Crippen molar-refractivity contribution in [1.82, 2.24) is 0 Å². The Morgan fingerprint density at radius 2 is 2.07 bits per heavy atom. The smallest absolute Gasteiger partial charge is 0.270 e. The van der Waals surface area contributed by atoms with Gasteiger partial charge in [-0.15, -0.1) is 0 Å². The van der Waals surface area contributed by atoms with Crippen LogP contribution in [0.15, 0.2) is 18.2 Å². The number of hydrogen-bond acceptors (Lipinski definition) is 2. The van der Waals surface area contributed by atoms with Gasteiger partial charge in [-0.1, -0.05) is 0 Å². The van der Waals surface area contributed by atoms with Gasteiger partial charge in [0.2, 0.25) is 0 Å². The number of hydrogen-bond donors (Lipinski definition) is 1. The molecule has 0 aliphatic carbocycles. The van der Waals surface area contributed by atoms with Crippen LogP contribution >= 0.6 is 0 Å². The van der Waals surface area contributed by atoms with E-state index in [0.717, 1.165) is 6.92 Å². The van der Waals surface area contributed by atoms with Gasteiger partial charge in [0.15, 0.2) is 0 Å². The lowest BCUT2D eigenvalue weighted by Gasteiger charge is -2.14. The Hall–Kier alpha value is -1.16.